The van der Waals surface area contributed by atoms with E-state index in [9.17, 15) is 4.79 Å². The molecular weight excluding hydrogens is 284 g/mol. The average molecular weight is 304 g/mol. The molecule has 0 saturated carbocycles. The van der Waals surface area contributed by atoms with Crippen LogP contribution in [0.15, 0.2) is 30.3 Å². The Morgan fingerprint density at radius 2 is 2.14 bits per heavy atom. The number of methoxy groups -OCH3 is 1. The standard InChI is InChI=1S/C16H20N2O2S/c1-10(8-13-6-4-11(2)21-13)18-16(19)14-9-12(20-3)5-7-15(14)17/h4-7,9-10H,8,17H2,1-3H3,(H,18,19). The summed E-state index contributed by atoms with van der Waals surface area (Å²) in [5, 5.41) is 2.98. The molecule has 2 rings (SSSR count). The SMILES string of the molecule is COc1ccc(N)c(C(=O)NC(C)Cc2ccc(C)s2)c1. The minimum atomic E-state index is -0.174. The first-order valence-corrected chi connectivity index (χ1v) is 7.61. The number of benzene rings is 1. The fraction of sp³-hybridized carbons (Fsp3) is 0.312. The lowest BCUT2D eigenvalue weighted by Crippen LogP contribution is -2.34. The fourth-order valence-electron chi connectivity index (χ4n) is 2.11. The predicted molar refractivity (Wildman–Crippen MR) is 87.1 cm³/mol. The molecule has 0 fully saturated rings. The third-order valence-electron chi connectivity index (χ3n) is 3.19. The molecule has 1 heterocycles. The van der Waals surface area contributed by atoms with Gasteiger partial charge in [-0.2, -0.15) is 0 Å². The number of nitrogens with one attached hydrogen (secondary N) is 1. The Balaban J connectivity index is 2.03. The molecule has 1 atom stereocenters. The summed E-state index contributed by atoms with van der Waals surface area (Å²) in [5.41, 5.74) is 6.76. The number of rotatable bonds is 5. The summed E-state index contributed by atoms with van der Waals surface area (Å²) in [6.45, 7) is 4.07. The maximum atomic E-state index is 12.3. The molecular formula is C16H20N2O2S. The number of nitrogens with two attached hydrogens (primary N) is 1. The highest BCUT2D eigenvalue weighted by molar-refractivity contribution is 7.11. The van der Waals surface area contributed by atoms with E-state index in [1.807, 2.05) is 6.92 Å². The summed E-state index contributed by atoms with van der Waals surface area (Å²) in [6, 6.07) is 9.32. The van der Waals surface area contributed by atoms with E-state index < -0.39 is 0 Å². The Morgan fingerprint density at radius 1 is 1.38 bits per heavy atom. The van der Waals surface area contributed by atoms with Gasteiger partial charge >= 0.3 is 0 Å². The number of hydrogen-bond donors (Lipinski definition) is 2. The van der Waals surface area contributed by atoms with E-state index in [4.69, 9.17) is 10.5 Å². The van der Waals surface area contributed by atoms with Crippen LogP contribution in [0.3, 0.4) is 0 Å². The normalized spacial score (nSPS) is 12.0. The van der Waals surface area contributed by atoms with Crippen molar-refractivity contribution < 1.29 is 9.53 Å². The van der Waals surface area contributed by atoms with Crippen molar-refractivity contribution in [2.24, 2.45) is 0 Å². The Morgan fingerprint density at radius 3 is 2.76 bits per heavy atom. The van der Waals surface area contributed by atoms with Crippen molar-refractivity contribution in [1.29, 1.82) is 0 Å². The molecule has 112 valence electrons. The van der Waals surface area contributed by atoms with E-state index in [0.29, 0.717) is 17.0 Å². The summed E-state index contributed by atoms with van der Waals surface area (Å²) in [6.07, 6.45) is 0.814. The van der Waals surface area contributed by atoms with Crippen LogP contribution in [0.4, 0.5) is 5.69 Å². The lowest BCUT2D eigenvalue weighted by molar-refractivity contribution is 0.0941. The van der Waals surface area contributed by atoms with Gasteiger partial charge in [0.15, 0.2) is 0 Å². The second-order valence-corrected chi connectivity index (χ2v) is 6.42. The van der Waals surface area contributed by atoms with Crippen LogP contribution in [-0.4, -0.2) is 19.1 Å². The highest BCUT2D eigenvalue weighted by atomic mass is 32.1. The highest BCUT2D eigenvalue weighted by Gasteiger charge is 2.14. The van der Waals surface area contributed by atoms with Crippen molar-refractivity contribution in [1.82, 2.24) is 5.32 Å². The molecule has 2 aromatic rings. The molecule has 0 aliphatic carbocycles. The molecule has 0 spiro atoms. The third-order valence-corrected chi connectivity index (χ3v) is 4.21. The average Bonchev–Trinajstić information content (AvgIpc) is 2.84. The number of hydrogen-bond acceptors (Lipinski definition) is 4. The molecule has 3 N–H and O–H groups in total. The first-order valence-electron chi connectivity index (χ1n) is 6.79. The highest BCUT2D eigenvalue weighted by Crippen LogP contribution is 2.20. The van der Waals surface area contributed by atoms with Crippen LogP contribution in [-0.2, 0) is 6.42 Å². The predicted octanol–water partition coefficient (Wildman–Crippen LogP) is 3.01. The van der Waals surface area contributed by atoms with Crippen molar-refractivity contribution in [3.8, 4) is 5.75 Å². The molecule has 0 aliphatic rings. The number of ether oxygens (including phenoxy) is 1. The number of carbonyl (C=O) groups is 1. The van der Waals surface area contributed by atoms with Gasteiger partial charge in [0.25, 0.3) is 5.91 Å². The van der Waals surface area contributed by atoms with E-state index in [0.717, 1.165) is 6.42 Å². The van der Waals surface area contributed by atoms with E-state index in [-0.39, 0.29) is 11.9 Å². The molecule has 4 nitrogen and oxygen atoms in total. The maximum absolute atomic E-state index is 12.3. The maximum Gasteiger partial charge on any atom is 0.253 e. The second-order valence-electron chi connectivity index (χ2n) is 5.04. The summed E-state index contributed by atoms with van der Waals surface area (Å²) >= 11 is 1.75. The van der Waals surface area contributed by atoms with Gasteiger partial charge in [-0.3, -0.25) is 4.79 Å². The first kappa shape index (κ1) is 15.4. The Labute approximate surface area is 128 Å². The molecule has 0 saturated heterocycles. The van der Waals surface area contributed by atoms with E-state index >= 15 is 0 Å². The number of nitrogen functional groups attached to an aromatic ring is 1. The summed E-state index contributed by atoms with van der Waals surface area (Å²) in [4.78, 5) is 14.8. The first-order chi connectivity index (χ1) is 9.99. The van der Waals surface area contributed by atoms with Gasteiger partial charge in [0.05, 0.1) is 12.7 Å². The van der Waals surface area contributed by atoms with Crippen molar-refractivity contribution in [3.05, 3.63) is 45.6 Å². The molecule has 1 amide bonds. The zero-order chi connectivity index (χ0) is 15.4. The minimum Gasteiger partial charge on any atom is -0.497 e. The van der Waals surface area contributed by atoms with Crippen LogP contribution >= 0.6 is 11.3 Å². The molecule has 21 heavy (non-hydrogen) atoms. The number of carbonyl (C=O) groups excluding carboxylic acids is 1. The molecule has 0 radical (unpaired) electrons. The van der Waals surface area contributed by atoms with Gasteiger partial charge in [-0.05, 0) is 44.2 Å². The van der Waals surface area contributed by atoms with Gasteiger partial charge in [-0.15, -0.1) is 11.3 Å². The van der Waals surface area contributed by atoms with Crippen LogP contribution in [0, 0.1) is 6.92 Å². The zero-order valence-electron chi connectivity index (χ0n) is 12.5. The van der Waals surface area contributed by atoms with Crippen LogP contribution in [0.1, 0.15) is 27.0 Å². The van der Waals surface area contributed by atoms with Crippen molar-refractivity contribution in [2.75, 3.05) is 12.8 Å². The number of anilines is 1. The number of thiophene rings is 1. The molecule has 5 heteroatoms. The van der Waals surface area contributed by atoms with Crippen molar-refractivity contribution in [2.45, 2.75) is 26.3 Å². The topological polar surface area (TPSA) is 64.3 Å². The Bertz CT molecular complexity index is 637. The summed E-state index contributed by atoms with van der Waals surface area (Å²) in [5.74, 6) is 0.447. The van der Waals surface area contributed by atoms with E-state index in [1.54, 1.807) is 36.6 Å². The largest absolute Gasteiger partial charge is 0.497 e. The van der Waals surface area contributed by atoms with E-state index in [2.05, 4.69) is 24.4 Å². The Kier molecular flexibility index (Phi) is 4.85. The van der Waals surface area contributed by atoms with Gasteiger partial charge in [-0.1, -0.05) is 0 Å². The van der Waals surface area contributed by atoms with Gasteiger partial charge < -0.3 is 15.8 Å². The van der Waals surface area contributed by atoms with E-state index in [1.165, 1.54) is 9.75 Å². The van der Waals surface area contributed by atoms with Crippen LogP contribution < -0.4 is 15.8 Å². The lowest BCUT2D eigenvalue weighted by Gasteiger charge is -2.14. The third kappa shape index (κ3) is 3.98. The van der Waals surface area contributed by atoms with Crippen LogP contribution in [0.25, 0.3) is 0 Å². The van der Waals surface area contributed by atoms with Gasteiger partial charge in [0.2, 0.25) is 0 Å². The summed E-state index contributed by atoms with van der Waals surface area (Å²) in [7, 11) is 1.56. The minimum absolute atomic E-state index is 0.0427. The molecule has 0 bridgehead atoms. The molecule has 1 aromatic heterocycles. The van der Waals surface area contributed by atoms with Gasteiger partial charge in [0, 0.05) is 27.9 Å². The number of aryl methyl sites for hydroxylation is 1. The van der Waals surface area contributed by atoms with Gasteiger partial charge in [-0.25, -0.2) is 0 Å². The second kappa shape index (κ2) is 6.63. The fourth-order valence-corrected chi connectivity index (χ4v) is 3.13. The number of amides is 1. The quantitative estimate of drug-likeness (QED) is 0.835. The smallest absolute Gasteiger partial charge is 0.253 e. The van der Waals surface area contributed by atoms with Gasteiger partial charge in [0.1, 0.15) is 5.75 Å². The van der Waals surface area contributed by atoms with Crippen LogP contribution in [0.2, 0.25) is 0 Å². The molecule has 0 aliphatic heterocycles. The van der Waals surface area contributed by atoms with Crippen molar-refractivity contribution >= 4 is 22.9 Å². The monoisotopic (exact) mass is 304 g/mol. The molecule has 1 unspecified atom stereocenters. The zero-order valence-corrected chi connectivity index (χ0v) is 13.3. The van der Waals surface area contributed by atoms with Crippen molar-refractivity contribution in [3.63, 3.8) is 0 Å². The Hall–Kier alpha value is -2.01. The molecule has 1 aromatic carbocycles. The van der Waals surface area contributed by atoms with Crippen LogP contribution in [0.5, 0.6) is 5.75 Å². The lowest BCUT2D eigenvalue weighted by atomic mass is 10.1. The summed E-state index contributed by atoms with van der Waals surface area (Å²) < 4.78 is 5.13.